The number of rotatable bonds is 5. The van der Waals surface area contributed by atoms with Gasteiger partial charge in [-0.2, -0.15) is 0 Å². The molecule has 6 nitrogen and oxygen atoms in total. The van der Waals surface area contributed by atoms with Crippen LogP contribution in [-0.2, 0) is 4.79 Å². The number of aromatic hydroxyl groups is 1. The van der Waals surface area contributed by atoms with Crippen molar-refractivity contribution < 1.29 is 14.7 Å². The number of pyridine rings is 1. The summed E-state index contributed by atoms with van der Waals surface area (Å²) in [5, 5.41) is 12.2. The van der Waals surface area contributed by atoms with Crippen LogP contribution in [0.4, 0.5) is 0 Å². The van der Waals surface area contributed by atoms with E-state index >= 15 is 0 Å². The van der Waals surface area contributed by atoms with Crippen molar-refractivity contribution in [3.8, 4) is 5.75 Å². The molecule has 1 heterocycles. The molecule has 0 saturated heterocycles. The molecule has 0 aliphatic heterocycles. The summed E-state index contributed by atoms with van der Waals surface area (Å²) >= 11 is 0. The molecule has 2 N–H and O–H groups in total. The summed E-state index contributed by atoms with van der Waals surface area (Å²) in [6, 6.07) is 1.41. The number of aromatic nitrogens is 1. The second-order valence-corrected chi connectivity index (χ2v) is 3.90. The van der Waals surface area contributed by atoms with Crippen LogP contribution in [0.1, 0.15) is 23.7 Å². The Morgan fingerprint density at radius 1 is 1.50 bits per heavy atom. The van der Waals surface area contributed by atoms with Crippen molar-refractivity contribution in [3.63, 3.8) is 0 Å². The maximum Gasteiger partial charge on any atom is 0.257 e. The van der Waals surface area contributed by atoms with Crippen LogP contribution >= 0.6 is 0 Å². The maximum absolute atomic E-state index is 11.9. The Bertz CT molecular complexity index is 434. The van der Waals surface area contributed by atoms with Crippen molar-refractivity contribution in [1.29, 1.82) is 0 Å². The Kier molecular flexibility index (Phi) is 5.10. The van der Waals surface area contributed by atoms with Crippen LogP contribution in [0.5, 0.6) is 5.75 Å². The molecule has 0 bridgehead atoms. The van der Waals surface area contributed by atoms with E-state index in [1.807, 2.05) is 6.92 Å². The second kappa shape index (κ2) is 6.58. The van der Waals surface area contributed by atoms with Gasteiger partial charge in [0.05, 0.1) is 18.3 Å². The van der Waals surface area contributed by atoms with Gasteiger partial charge in [0, 0.05) is 19.8 Å². The van der Waals surface area contributed by atoms with Gasteiger partial charge in [0.1, 0.15) is 5.75 Å². The number of amides is 2. The Hall–Kier alpha value is -2.11. The largest absolute Gasteiger partial charge is 0.505 e. The predicted molar refractivity (Wildman–Crippen MR) is 66.2 cm³/mol. The van der Waals surface area contributed by atoms with Crippen LogP contribution in [0, 0.1) is 0 Å². The van der Waals surface area contributed by atoms with Crippen molar-refractivity contribution in [2.45, 2.75) is 13.3 Å². The van der Waals surface area contributed by atoms with Gasteiger partial charge in [-0.3, -0.25) is 14.6 Å². The van der Waals surface area contributed by atoms with E-state index < -0.39 is 5.91 Å². The highest BCUT2D eigenvalue weighted by Gasteiger charge is 2.17. The number of carbonyl (C=O) groups excluding carboxylic acids is 2. The van der Waals surface area contributed by atoms with Crippen LogP contribution in [0.3, 0.4) is 0 Å². The summed E-state index contributed by atoms with van der Waals surface area (Å²) in [5.41, 5.74) is 0.135. The quantitative estimate of drug-likeness (QED) is 0.792. The lowest BCUT2D eigenvalue weighted by Crippen LogP contribution is -2.38. The zero-order valence-corrected chi connectivity index (χ0v) is 10.5. The molecule has 0 spiro atoms. The van der Waals surface area contributed by atoms with Gasteiger partial charge in [0.25, 0.3) is 5.91 Å². The van der Waals surface area contributed by atoms with Gasteiger partial charge in [-0.05, 0) is 12.5 Å². The molecule has 0 aromatic carbocycles. The zero-order valence-electron chi connectivity index (χ0n) is 10.5. The minimum absolute atomic E-state index is 0.0411. The highest BCUT2D eigenvalue weighted by molar-refractivity contribution is 5.98. The van der Waals surface area contributed by atoms with Gasteiger partial charge in [-0.15, -0.1) is 0 Å². The molecular formula is C12H17N3O3. The maximum atomic E-state index is 11.9. The molecular weight excluding hydrogens is 234 g/mol. The topological polar surface area (TPSA) is 82.5 Å². The standard InChI is InChI=1S/C12H17N3O3/c1-3-5-14-11(17)8-15(2)12(18)9-4-6-13-7-10(9)16/h4,6-7,16H,3,5,8H2,1-2H3,(H,14,17). The first kappa shape index (κ1) is 14.0. The summed E-state index contributed by atoms with van der Waals surface area (Å²) in [4.78, 5) is 28.3. The third-order valence-corrected chi connectivity index (χ3v) is 2.33. The number of hydrogen-bond donors (Lipinski definition) is 2. The first-order valence-electron chi connectivity index (χ1n) is 5.71. The Labute approximate surface area is 106 Å². The zero-order chi connectivity index (χ0) is 13.5. The molecule has 98 valence electrons. The summed E-state index contributed by atoms with van der Waals surface area (Å²) in [6.45, 7) is 2.49. The van der Waals surface area contributed by atoms with Crippen LogP contribution in [0.2, 0.25) is 0 Å². The second-order valence-electron chi connectivity index (χ2n) is 3.90. The highest BCUT2D eigenvalue weighted by Crippen LogP contribution is 2.15. The van der Waals surface area contributed by atoms with Crippen molar-refractivity contribution in [2.24, 2.45) is 0 Å². The lowest BCUT2D eigenvalue weighted by Gasteiger charge is -2.17. The molecule has 0 saturated carbocycles. The summed E-state index contributed by atoms with van der Waals surface area (Å²) in [7, 11) is 1.51. The lowest BCUT2D eigenvalue weighted by molar-refractivity contribution is -0.121. The average Bonchev–Trinajstić information content (AvgIpc) is 2.36. The average molecular weight is 251 g/mol. The first-order chi connectivity index (χ1) is 8.56. The number of nitrogens with zero attached hydrogens (tertiary/aromatic N) is 2. The lowest BCUT2D eigenvalue weighted by atomic mass is 10.2. The third-order valence-electron chi connectivity index (χ3n) is 2.33. The molecule has 0 radical (unpaired) electrons. The number of hydrogen-bond acceptors (Lipinski definition) is 4. The van der Waals surface area contributed by atoms with E-state index in [4.69, 9.17) is 0 Å². The predicted octanol–water partition coefficient (Wildman–Crippen LogP) is 0.385. The third kappa shape index (κ3) is 3.73. The Morgan fingerprint density at radius 3 is 2.83 bits per heavy atom. The van der Waals surface area contributed by atoms with E-state index in [1.54, 1.807) is 0 Å². The van der Waals surface area contributed by atoms with Gasteiger partial charge in [-0.25, -0.2) is 0 Å². The SMILES string of the molecule is CCCNC(=O)CN(C)C(=O)c1ccncc1O. The van der Waals surface area contributed by atoms with Gasteiger partial charge in [-0.1, -0.05) is 6.92 Å². The summed E-state index contributed by atoms with van der Waals surface area (Å²) < 4.78 is 0. The minimum Gasteiger partial charge on any atom is -0.505 e. The Balaban J connectivity index is 2.62. The molecule has 0 aliphatic carbocycles. The summed E-state index contributed by atoms with van der Waals surface area (Å²) in [5.74, 6) is -0.828. The smallest absolute Gasteiger partial charge is 0.257 e. The van der Waals surface area contributed by atoms with E-state index in [9.17, 15) is 14.7 Å². The van der Waals surface area contributed by atoms with Gasteiger partial charge in [0.2, 0.25) is 5.91 Å². The molecule has 6 heteroatoms. The molecule has 1 aromatic rings. The molecule has 0 unspecified atom stereocenters. The normalized spacial score (nSPS) is 9.89. The van der Waals surface area contributed by atoms with Crippen molar-refractivity contribution in [3.05, 3.63) is 24.0 Å². The number of likely N-dealkylation sites (N-methyl/N-ethyl adjacent to an activating group) is 1. The molecule has 1 aromatic heterocycles. The van der Waals surface area contributed by atoms with Crippen molar-refractivity contribution >= 4 is 11.8 Å². The summed E-state index contributed by atoms with van der Waals surface area (Å²) in [6.07, 6.45) is 3.45. The molecule has 1 rings (SSSR count). The van der Waals surface area contributed by atoms with E-state index in [1.165, 1.54) is 30.4 Å². The molecule has 0 aliphatic rings. The van der Waals surface area contributed by atoms with Gasteiger partial charge >= 0.3 is 0 Å². The molecule has 0 fully saturated rings. The number of nitrogens with one attached hydrogen (secondary N) is 1. The van der Waals surface area contributed by atoms with E-state index in [0.29, 0.717) is 6.54 Å². The number of carbonyl (C=O) groups is 2. The monoisotopic (exact) mass is 251 g/mol. The fraction of sp³-hybridized carbons (Fsp3) is 0.417. The van der Waals surface area contributed by atoms with E-state index in [0.717, 1.165) is 6.42 Å². The highest BCUT2D eigenvalue weighted by atomic mass is 16.3. The van der Waals surface area contributed by atoms with Gasteiger partial charge in [0.15, 0.2) is 0 Å². The fourth-order valence-electron chi connectivity index (χ4n) is 1.38. The first-order valence-corrected chi connectivity index (χ1v) is 5.71. The Morgan fingerprint density at radius 2 is 2.22 bits per heavy atom. The molecule has 0 atom stereocenters. The van der Waals surface area contributed by atoms with E-state index in [2.05, 4.69) is 10.3 Å². The molecule has 18 heavy (non-hydrogen) atoms. The van der Waals surface area contributed by atoms with Crippen molar-refractivity contribution in [2.75, 3.05) is 20.1 Å². The van der Waals surface area contributed by atoms with Crippen molar-refractivity contribution in [1.82, 2.24) is 15.2 Å². The van der Waals surface area contributed by atoms with E-state index in [-0.39, 0.29) is 23.8 Å². The van der Waals surface area contributed by atoms with Crippen LogP contribution in [0.15, 0.2) is 18.5 Å². The fourth-order valence-corrected chi connectivity index (χ4v) is 1.38. The molecule has 2 amide bonds. The van der Waals surface area contributed by atoms with Crippen LogP contribution in [0.25, 0.3) is 0 Å². The minimum atomic E-state index is -0.415. The van der Waals surface area contributed by atoms with Gasteiger partial charge < -0.3 is 15.3 Å². The van der Waals surface area contributed by atoms with Crippen LogP contribution < -0.4 is 5.32 Å². The van der Waals surface area contributed by atoms with Crippen LogP contribution in [-0.4, -0.2) is 46.9 Å².